The normalized spacial score (nSPS) is 12.3. The number of halogens is 2. The maximum atomic E-state index is 6.33. The molecule has 1 nitrogen and oxygen atoms in total. The van der Waals surface area contributed by atoms with Crippen LogP contribution in [0.2, 0.25) is 5.02 Å². The Bertz CT molecular complexity index is 542. The molecule has 0 radical (unpaired) electrons. The average Bonchev–Trinajstić information content (AvgIpc) is 2.43. The molecule has 0 heterocycles. The van der Waals surface area contributed by atoms with Crippen molar-refractivity contribution in [3.05, 3.63) is 69.2 Å². The lowest BCUT2D eigenvalue weighted by molar-refractivity contribution is 0.493. The number of hydrogen-bond donors (Lipinski definition) is 1. The third-order valence-corrected chi connectivity index (χ3v) is 4.23. The van der Waals surface area contributed by atoms with Gasteiger partial charge in [0, 0.05) is 9.50 Å². The third kappa shape index (κ3) is 4.62. The highest BCUT2D eigenvalue weighted by Gasteiger charge is 2.12. The Hall–Kier alpha value is -0.830. The Kier molecular flexibility index (Phi) is 6.08. The summed E-state index contributed by atoms with van der Waals surface area (Å²) in [4.78, 5) is 0. The van der Waals surface area contributed by atoms with Gasteiger partial charge < -0.3 is 5.32 Å². The molecule has 0 aliphatic rings. The second kappa shape index (κ2) is 7.82. The largest absolute Gasteiger partial charge is 0.319 e. The van der Waals surface area contributed by atoms with Crippen molar-refractivity contribution in [2.24, 2.45) is 5.92 Å². The highest BCUT2D eigenvalue weighted by atomic mass is 79.9. The van der Waals surface area contributed by atoms with Crippen LogP contribution in [-0.2, 0) is 12.8 Å². The zero-order chi connectivity index (χ0) is 14.4. The molecule has 0 aliphatic heterocycles. The summed E-state index contributed by atoms with van der Waals surface area (Å²) in [7, 11) is 2.00. The van der Waals surface area contributed by atoms with Crippen LogP contribution < -0.4 is 5.32 Å². The van der Waals surface area contributed by atoms with Crippen molar-refractivity contribution in [2.45, 2.75) is 12.8 Å². The molecule has 20 heavy (non-hydrogen) atoms. The number of benzene rings is 2. The molecule has 0 saturated carbocycles. The van der Waals surface area contributed by atoms with Crippen molar-refractivity contribution in [3.63, 3.8) is 0 Å². The van der Waals surface area contributed by atoms with E-state index in [9.17, 15) is 0 Å². The number of nitrogens with one attached hydrogen (secondary N) is 1. The van der Waals surface area contributed by atoms with Crippen molar-refractivity contribution in [1.82, 2.24) is 5.32 Å². The summed E-state index contributed by atoms with van der Waals surface area (Å²) in [6.07, 6.45) is 2.05. The minimum atomic E-state index is 0.543. The van der Waals surface area contributed by atoms with Crippen LogP contribution in [0, 0.1) is 5.92 Å². The first-order valence-corrected chi connectivity index (χ1v) is 7.98. The van der Waals surface area contributed by atoms with Gasteiger partial charge in [0.1, 0.15) is 0 Å². The number of hydrogen-bond acceptors (Lipinski definition) is 1. The SMILES string of the molecule is CNCC(Cc1ccccc1)Cc1ccc(Br)cc1Cl. The summed E-state index contributed by atoms with van der Waals surface area (Å²) >= 11 is 9.78. The molecular formula is C17H19BrClN. The van der Waals surface area contributed by atoms with Crippen LogP contribution in [0.1, 0.15) is 11.1 Å². The van der Waals surface area contributed by atoms with E-state index in [2.05, 4.69) is 63.7 Å². The van der Waals surface area contributed by atoms with Gasteiger partial charge in [0.05, 0.1) is 0 Å². The van der Waals surface area contributed by atoms with E-state index in [1.165, 1.54) is 11.1 Å². The molecule has 0 aromatic heterocycles. The second-order valence-electron chi connectivity index (χ2n) is 5.05. The summed E-state index contributed by atoms with van der Waals surface area (Å²) in [6, 6.07) is 16.8. The minimum absolute atomic E-state index is 0.543. The van der Waals surface area contributed by atoms with Gasteiger partial charge in [0.2, 0.25) is 0 Å². The molecule has 106 valence electrons. The molecule has 0 saturated heterocycles. The highest BCUT2D eigenvalue weighted by Crippen LogP contribution is 2.24. The van der Waals surface area contributed by atoms with E-state index in [-0.39, 0.29) is 0 Å². The van der Waals surface area contributed by atoms with E-state index < -0.39 is 0 Å². The van der Waals surface area contributed by atoms with Crippen LogP contribution in [0.15, 0.2) is 53.0 Å². The molecular weight excluding hydrogens is 334 g/mol. The van der Waals surface area contributed by atoms with Gasteiger partial charge in [-0.3, -0.25) is 0 Å². The van der Waals surface area contributed by atoms with E-state index in [0.717, 1.165) is 28.9 Å². The van der Waals surface area contributed by atoms with Crippen molar-refractivity contribution < 1.29 is 0 Å². The van der Waals surface area contributed by atoms with E-state index in [1.807, 2.05) is 13.1 Å². The summed E-state index contributed by atoms with van der Waals surface area (Å²) < 4.78 is 1.03. The van der Waals surface area contributed by atoms with Crippen molar-refractivity contribution in [3.8, 4) is 0 Å². The highest BCUT2D eigenvalue weighted by molar-refractivity contribution is 9.10. The molecule has 2 aromatic rings. The monoisotopic (exact) mass is 351 g/mol. The van der Waals surface area contributed by atoms with Crippen LogP contribution in [0.3, 0.4) is 0 Å². The Morgan fingerprint density at radius 1 is 1.10 bits per heavy atom. The zero-order valence-corrected chi connectivity index (χ0v) is 13.9. The molecule has 0 fully saturated rings. The molecule has 0 amide bonds. The van der Waals surface area contributed by atoms with E-state index in [4.69, 9.17) is 11.6 Å². The molecule has 3 heteroatoms. The first-order valence-electron chi connectivity index (χ1n) is 6.81. The first-order chi connectivity index (χ1) is 9.69. The fourth-order valence-corrected chi connectivity index (χ4v) is 3.20. The number of rotatable bonds is 6. The quantitative estimate of drug-likeness (QED) is 0.793. The topological polar surface area (TPSA) is 12.0 Å². The molecule has 1 N–H and O–H groups in total. The average molecular weight is 353 g/mol. The first kappa shape index (κ1) is 15.6. The molecule has 1 atom stereocenters. The molecule has 1 unspecified atom stereocenters. The van der Waals surface area contributed by atoms with Gasteiger partial charge in [-0.15, -0.1) is 0 Å². The van der Waals surface area contributed by atoms with E-state index in [0.29, 0.717) is 5.92 Å². The minimum Gasteiger partial charge on any atom is -0.319 e. The van der Waals surface area contributed by atoms with Crippen molar-refractivity contribution in [2.75, 3.05) is 13.6 Å². The lowest BCUT2D eigenvalue weighted by atomic mass is 9.92. The lowest BCUT2D eigenvalue weighted by Crippen LogP contribution is -2.22. The summed E-state index contributed by atoms with van der Waals surface area (Å²) in [5.41, 5.74) is 2.59. The maximum Gasteiger partial charge on any atom is 0.0449 e. The standard InChI is InChI=1S/C17H19BrClN/c1-20-12-14(9-13-5-3-2-4-6-13)10-15-7-8-16(18)11-17(15)19/h2-8,11,14,20H,9-10,12H2,1H3. The molecule has 0 aliphatic carbocycles. The molecule has 0 spiro atoms. The Morgan fingerprint density at radius 2 is 1.85 bits per heavy atom. The van der Waals surface area contributed by atoms with Gasteiger partial charge in [-0.05, 0) is 55.6 Å². The molecule has 2 rings (SSSR count). The summed E-state index contributed by atoms with van der Waals surface area (Å²) in [5.74, 6) is 0.543. The predicted octanol–water partition coefficient (Wildman–Crippen LogP) is 4.72. The van der Waals surface area contributed by atoms with Crippen LogP contribution in [0.4, 0.5) is 0 Å². The smallest absolute Gasteiger partial charge is 0.0449 e. The molecule has 2 aromatic carbocycles. The Labute approximate surface area is 134 Å². The van der Waals surface area contributed by atoms with Gasteiger partial charge in [-0.2, -0.15) is 0 Å². The molecule has 0 bridgehead atoms. The van der Waals surface area contributed by atoms with Gasteiger partial charge >= 0.3 is 0 Å². The van der Waals surface area contributed by atoms with Crippen LogP contribution >= 0.6 is 27.5 Å². The van der Waals surface area contributed by atoms with Crippen LogP contribution in [-0.4, -0.2) is 13.6 Å². The van der Waals surface area contributed by atoms with Gasteiger partial charge in [0.15, 0.2) is 0 Å². The van der Waals surface area contributed by atoms with Gasteiger partial charge in [0.25, 0.3) is 0 Å². The third-order valence-electron chi connectivity index (χ3n) is 3.38. The maximum absolute atomic E-state index is 6.33. The fraction of sp³-hybridized carbons (Fsp3) is 0.294. The van der Waals surface area contributed by atoms with E-state index >= 15 is 0 Å². The summed E-state index contributed by atoms with van der Waals surface area (Å²) in [5, 5.41) is 4.13. The second-order valence-corrected chi connectivity index (χ2v) is 6.38. The van der Waals surface area contributed by atoms with E-state index in [1.54, 1.807) is 0 Å². The van der Waals surface area contributed by atoms with Crippen molar-refractivity contribution in [1.29, 1.82) is 0 Å². The fourth-order valence-electron chi connectivity index (χ4n) is 2.45. The van der Waals surface area contributed by atoms with Gasteiger partial charge in [-0.25, -0.2) is 0 Å². The Morgan fingerprint density at radius 3 is 2.50 bits per heavy atom. The predicted molar refractivity (Wildman–Crippen MR) is 90.4 cm³/mol. The van der Waals surface area contributed by atoms with Crippen molar-refractivity contribution >= 4 is 27.5 Å². The van der Waals surface area contributed by atoms with Crippen LogP contribution in [0.5, 0.6) is 0 Å². The van der Waals surface area contributed by atoms with Gasteiger partial charge in [-0.1, -0.05) is 63.9 Å². The van der Waals surface area contributed by atoms with Crippen LogP contribution in [0.25, 0.3) is 0 Å². The zero-order valence-electron chi connectivity index (χ0n) is 11.6. The lowest BCUT2D eigenvalue weighted by Gasteiger charge is -2.17. The Balaban J connectivity index is 2.09. The summed E-state index contributed by atoms with van der Waals surface area (Å²) in [6.45, 7) is 0.987.